The predicted octanol–water partition coefficient (Wildman–Crippen LogP) is 20.4. The van der Waals surface area contributed by atoms with Gasteiger partial charge in [0.15, 0.2) is 0 Å². The highest BCUT2D eigenvalue weighted by molar-refractivity contribution is 8.37. The Kier molecular flexibility index (Phi) is 26.8. The molecular weight excluding hydrogens is 1440 g/mol. The first-order valence-electron chi connectivity index (χ1n) is 33.7. The molecule has 12 aromatic carbocycles. The van der Waals surface area contributed by atoms with Gasteiger partial charge in [-0.2, -0.15) is 0 Å². The van der Waals surface area contributed by atoms with Crippen LogP contribution >= 0.6 is 56.7 Å². The highest BCUT2D eigenvalue weighted by atomic mass is 35.7. The van der Waals surface area contributed by atoms with Crippen molar-refractivity contribution in [1.29, 1.82) is 0 Å². The van der Waals surface area contributed by atoms with Crippen LogP contribution in [0.3, 0.4) is 0 Å². The van der Waals surface area contributed by atoms with E-state index in [0.717, 1.165) is 133 Å². The molecule has 0 bridgehead atoms. The van der Waals surface area contributed by atoms with Gasteiger partial charge in [0, 0.05) is 45.9 Å². The molecule has 538 valence electrons. The molecule has 0 amide bonds. The maximum Gasteiger partial charge on any atom is 0.381 e. The predicted molar refractivity (Wildman–Crippen MR) is 438 cm³/mol. The lowest BCUT2D eigenvalue weighted by molar-refractivity contribution is 0.321. The standard InChI is InChI=1S/2C25H23NO4P2.C14H14ClO2P.C11H10NO2P.C6H15N/c1-26-32(23-16-6-4-12-19(23)27-2,24-17-7-5-13-20(24)28-3)31-29-21-14-8-10-18-11-9-15-22(30-31)25(18)21;1-26-32(29-21-14-8-10-18-11-9-15-22(30-32)25(18)21)31(23-16-6-4-12-19(23)27-2)24-17-7-5-13-20(24)28-3;1-16-11-7-3-5-9-13(11)18(15)14-10-6-4-8-12(14)17-2;1-12-15-13-9-6-2-4-8-5-3-7-10(14-15)11(8)9;1-4-7(5-2)6-3/h2*4-17H,1-3H3;3-10H,1-2H3;2-7,12H,1H3;4-6H2,1-3H3. The van der Waals surface area contributed by atoms with Gasteiger partial charge in [0.05, 0.1) is 73.7 Å². The maximum absolute atomic E-state index is 6.75. The molecule has 0 saturated carbocycles. The number of methoxy groups -OCH3 is 6. The average Bonchev–Trinajstić information content (AvgIpc) is 0.733. The molecule has 23 heteroatoms. The summed E-state index contributed by atoms with van der Waals surface area (Å²) in [6, 6.07) is 83.9. The van der Waals surface area contributed by atoms with Gasteiger partial charge in [-0.25, -0.2) is 9.83 Å². The zero-order chi connectivity index (χ0) is 73.2. The molecule has 0 unspecified atom stereocenters. The Labute approximate surface area is 620 Å². The van der Waals surface area contributed by atoms with Crippen molar-refractivity contribution in [2.75, 3.05) is 83.4 Å². The lowest BCUT2D eigenvalue weighted by Gasteiger charge is -2.36. The largest absolute Gasteiger partial charge is 0.496 e. The van der Waals surface area contributed by atoms with Gasteiger partial charge in [-0.15, -0.1) is 0 Å². The van der Waals surface area contributed by atoms with Crippen LogP contribution in [0.4, 0.5) is 0 Å². The number of halogens is 1. The lowest BCUT2D eigenvalue weighted by Crippen LogP contribution is -2.22. The van der Waals surface area contributed by atoms with E-state index < -0.39 is 45.4 Å². The summed E-state index contributed by atoms with van der Waals surface area (Å²) in [5.74, 6) is 9.68. The third-order valence-corrected chi connectivity index (χ3v) is 36.0. The maximum atomic E-state index is 6.75. The van der Waals surface area contributed by atoms with Crippen molar-refractivity contribution in [1.82, 2.24) is 9.99 Å². The van der Waals surface area contributed by atoms with Gasteiger partial charge in [-0.3, -0.25) is 4.74 Å². The first-order valence-corrected chi connectivity index (χ1v) is 44.3. The molecular formula is C81H85ClN4O12P6. The van der Waals surface area contributed by atoms with E-state index in [9.17, 15) is 0 Å². The van der Waals surface area contributed by atoms with E-state index in [2.05, 4.69) is 91.4 Å². The zero-order valence-electron chi connectivity index (χ0n) is 60.2. The van der Waals surface area contributed by atoms with Crippen LogP contribution in [0.2, 0.25) is 0 Å². The minimum atomic E-state index is -2.87. The van der Waals surface area contributed by atoms with Gasteiger partial charge in [0.25, 0.3) is 0 Å². The average molecular weight is 1530 g/mol. The summed E-state index contributed by atoms with van der Waals surface area (Å²) in [6.07, 6.45) is 0. The van der Waals surface area contributed by atoms with Gasteiger partial charge < -0.3 is 60.5 Å². The molecule has 0 atom stereocenters. The molecule has 104 heavy (non-hydrogen) atoms. The molecule has 0 radical (unpaired) electrons. The molecule has 0 spiro atoms. The van der Waals surface area contributed by atoms with Crippen LogP contribution in [-0.4, -0.2) is 88.3 Å². The van der Waals surface area contributed by atoms with E-state index in [1.165, 1.54) is 19.6 Å². The Balaban J connectivity index is 0.000000140. The smallest absolute Gasteiger partial charge is 0.381 e. The molecule has 0 fully saturated rings. The fraction of sp³-hybridized carbons (Fsp3) is 0.185. The number of ether oxygens (including phenoxy) is 6. The van der Waals surface area contributed by atoms with Crippen molar-refractivity contribution >= 4 is 121 Å². The number of hydrogen-bond acceptors (Lipinski definition) is 16. The van der Waals surface area contributed by atoms with Gasteiger partial charge in [0.2, 0.25) is 0 Å². The molecule has 0 aliphatic carbocycles. The first-order chi connectivity index (χ1) is 50.9. The SMILES string of the molecule is CCN(CC)CC.CN=P(c1ccccc1OC)(c1ccccc1OC)P1Oc2cccc3cccc(c23)O1.CN=P1(P(c2ccccc2OC)c2ccccc2OC)Oc2cccc3cccc(c23)O1.CNP1Oc2cccc3cccc(c23)O1.COc1ccccc1P(Cl)c1ccccc1OC. The molecule has 12 aromatic rings. The molecule has 3 aliphatic rings. The fourth-order valence-corrected chi connectivity index (χ4v) is 30.2. The summed E-state index contributed by atoms with van der Waals surface area (Å²) < 4.78 is 81.9. The quantitative estimate of drug-likeness (QED) is 0.0811. The number of rotatable bonds is 18. The van der Waals surface area contributed by atoms with Crippen LogP contribution in [0.25, 0.3) is 32.3 Å². The fourth-order valence-electron chi connectivity index (χ4n) is 12.2. The van der Waals surface area contributed by atoms with E-state index >= 15 is 0 Å². The number of nitrogens with zero attached hydrogens (tertiary/aromatic N) is 3. The van der Waals surface area contributed by atoms with E-state index in [4.69, 9.17) is 76.3 Å². The van der Waals surface area contributed by atoms with Crippen molar-refractivity contribution in [2.24, 2.45) is 9.49 Å². The van der Waals surface area contributed by atoms with Crippen LogP contribution in [-0.2, 0) is 0 Å². The van der Waals surface area contributed by atoms with Gasteiger partial charge in [0.1, 0.15) is 75.7 Å². The second kappa shape index (κ2) is 36.4. The van der Waals surface area contributed by atoms with E-state index in [1.54, 1.807) is 49.7 Å². The second-order valence-electron chi connectivity index (χ2n) is 22.8. The van der Waals surface area contributed by atoms with E-state index in [-0.39, 0.29) is 0 Å². The summed E-state index contributed by atoms with van der Waals surface area (Å²) in [7, 11) is 7.77. The monoisotopic (exact) mass is 1530 g/mol. The zero-order valence-corrected chi connectivity index (χ0v) is 66.3. The Morgan fingerprint density at radius 2 is 0.692 bits per heavy atom. The Bertz CT molecular complexity index is 4760. The Morgan fingerprint density at radius 3 is 1.01 bits per heavy atom. The second-order valence-corrected chi connectivity index (χ2v) is 38.9. The summed E-state index contributed by atoms with van der Waals surface area (Å²) in [4.78, 5) is 2.38. The molecule has 0 aromatic heterocycles. The van der Waals surface area contributed by atoms with Gasteiger partial charge in [-0.05, 0) is 152 Å². The minimum absolute atomic E-state index is 0.754. The summed E-state index contributed by atoms with van der Waals surface area (Å²) in [6.45, 7) is 7.49. The lowest BCUT2D eigenvalue weighted by atomic mass is 10.1. The third kappa shape index (κ3) is 16.3. The normalized spacial score (nSPS) is 13.0. The summed E-state index contributed by atoms with van der Waals surface area (Å²) in [5, 5.41) is 15.3. The Morgan fingerprint density at radius 1 is 0.394 bits per heavy atom. The molecule has 3 heterocycles. The number of nitrogens with one attached hydrogen (secondary N) is 1. The molecule has 3 aliphatic heterocycles. The molecule has 0 saturated heterocycles. The van der Waals surface area contributed by atoms with Gasteiger partial charge in [-0.1, -0.05) is 178 Å². The Hall–Kier alpha value is -8.59. The van der Waals surface area contributed by atoms with Crippen molar-refractivity contribution in [3.05, 3.63) is 255 Å². The molecule has 16 nitrogen and oxygen atoms in total. The van der Waals surface area contributed by atoms with Gasteiger partial charge >= 0.3 is 23.8 Å². The number of para-hydroxylation sites is 6. The van der Waals surface area contributed by atoms with E-state index in [0.29, 0.717) is 0 Å². The number of benzene rings is 12. The first kappa shape index (κ1) is 76.5. The number of hydrogen-bond donors (Lipinski definition) is 1. The van der Waals surface area contributed by atoms with Crippen molar-refractivity contribution < 1.29 is 55.6 Å². The highest BCUT2D eigenvalue weighted by Crippen LogP contribution is 2.80. The van der Waals surface area contributed by atoms with Crippen molar-refractivity contribution in [2.45, 2.75) is 20.8 Å². The highest BCUT2D eigenvalue weighted by Gasteiger charge is 2.47. The van der Waals surface area contributed by atoms with Crippen LogP contribution in [0.5, 0.6) is 69.0 Å². The van der Waals surface area contributed by atoms with E-state index in [1.807, 2.05) is 208 Å². The summed E-state index contributed by atoms with van der Waals surface area (Å²) >= 11 is 6.60. The minimum Gasteiger partial charge on any atom is -0.496 e. The van der Waals surface area contributed by atoms with Crippen molar-refractivity contribution in [3.8, 4) is 69.0 Å². The topological polar surface area (TPSA) is 151 Å². The van der Waals surface area contributed by atoms with Crippen LogP contribution < -0.4 is 92.5 Å². The van der Waals surface area contributed by atoms with Crippen LogP contribution in [0, 0.1) is 0 Å². The summed E-state index contributed by atoms with van der Waals surface area (Å²) in [5.41, 5.74) is 0. The van der Waals surface area contributed by atoms with Crippen LogP contribution in [0.15, 0.2) is 264 Å². The van der Waals surface area contributed by atoms with Crippen molar-refractivity contribution in [3.63, 3.8) is 0 Å². The molecule has 15 rings (SSSR count). The molecule has 1 N–H and O–H groups in total. The van der Waals surface area contributed by atoms with Crippen LogP contribution in [0.1, 0.15) is 20.8 Å². The third-order valence-electron chi connectivity index (χ3n) is 17.3.